The summed E-state index contributed by atoms with van der Waals surface area (Å²) in [5.74, 6) is -0.301. The van der Waals surface area contributed by atoms with E-state index in [4.69, 9.17) is 11.6 Å². The van der Waals surface area contributed by atoms with Crippen molar-refractivity contribution in [1.29, 1.82) is 0 Å². The number of benzene rings is 1. The van der Waals surface area contributed by atoms with Crippen molar-refractivity contribution < 1.29 is 9.59 Å². The molecule has 2 aromatic rings. The van der Waals surface area contributed by atoms with Crippen LogP contribution in [0, 0.1) is 0 Å². The lowest BCUT2D eigenvalue weighted by Crippen LogP contribution is -2.45. The Labute approximate surface area is 144 Å². The minimum atomic E-state index is -0.514. The van der Waals surface area contributed by atoms with Gasteiger partial charge in [-0.25, -0.2) is 9.67 Å². The van der Waals surface area contributed by atoms with Gasteiger partial charge in [-0.15, -0.1) is 0 Å². The van der Waals surface area contributed by atoms with E-state index < -0.39 is 12.1 Å². The first-order chi connectivity index (χ1) is 11.5. The molecule has 1 aromatic heterocycles. The number of rotatable bonds is 4. The Morgan fingerprint density at radius 3 is 2.83 bits per heavy atom. The highest BCUT2D eigenvalue weighted by Gasteiger charge is 2.39. The Balaban J connectivity index is 1.75. The van der Waals surface area contributed by atoms with Crippen molar-refractivity contribution in [1.82, 2.24) is 19.7 Å². The van der Waals surface area contributed by atoms with Crippen LogP contribution in [0.2, 0.25) is 5.02 Å². The molecule has 24 heavy (non-hydrogen) atoms. The minimum Gasteiger partial charge on any atom is -0.332 e. The van der Waals surface area contributed by atoms with Crippen molar-refractivity contribution in [3.8, 4) is 0 Å². The third kappa shape index (κ3) is 2.87. The predicted molar refractivity (Wildman–Crippen MR) is 89.7 cm³/mol. The van der Waals surface area contributed by atoms with E-state index in [0.717, 1.165) is 0 Å². The molecule has 8 heteroatoms. The van der Waals surface area contributed by atoms with Gasteiger partial charge in [-0.05, 0) is 25.5 Å². The fourth-order valence-corrected chi connectivity index (χ4v) is 3.15. The predicted octanol–water partition coefficient (Wildman–Crippen LogP) is 1.76. The van der Waals surface area contributed by atoms with Crippen LogP contribution in [0.4, 0.5) is 5.69 Å². The second-order valence-electron chi connectivity index (χ2n) is 5.75. The fourth-order valence-electron chi connectivity index (χ4n) is 2.91. The average molecular weight is 348 g/mol. The number of hydrogen-bond acceptors (Lipinski definition) is 4. The highest BCUT2D eigenvalue weighted by molar-refractivity contribution is 6.34. The number of aromatic nitrogens is 3. The van der Waals surface area contributed by atoms with E-state index >= 15 is 0 Å². The Morgan fingerprint density at radius 2 is 2.17 bits per heavy atom. The van der Waals surface area contributed by atoms with E-state index in [0.29, 0.717) is 23.7 Å². The molecule has 1 aromatic carbocycles. The first-order valence-electron chi connectivity index (χ1n) is 7.67. The molecule has 7 nitrogen and oxygen atoms in total. The van der Waals surface area contributed by atoms with Gasteiger partial charge in [-0.1, -0.05) is 23.7 Å². The molecule has 0 N–H and O–H groups in total. The van der Waals surface area contributed by atoms with Crippen LogP contribution in [0.3, 0.4) is 0 Å². The number of carbonyl (C=O) groups is 2. The average Bonchev–Trinajstić information content (AvgIpc) is 3.23. The zero-order valence-corrected chi connectivity index (χ0v) is 14.2. The summed E-state index contributed by atoms with van der Waals surface area (Å²) >= 11 is 6.18. The van der Waals surface area contributed by atoms with Crippen LogP contribution in [0.15, 0.2) is 36.9 Å². The highest BCUT2D eigenvalue weighted by atomic mass is 35.5. The van der Waals surface area contributed by atoms with E-state index in [1.165, 1.54) is 22.2 Å². The summed E-state index contributed by atoms with van der Waals surface area (Å²) < 4.78 is 1.48. The Bertz CT molecular complexity index is 749. The summed E-state index contributed by atoms with van der Waals surface area (Å²) in [6.07, 6.45) is 3.43. The normalized spacial score (nSPS) is 18.7. The van der Waals surface area contributed by atoms with Crippen LogP contribution in [-0.2, 0) is 9.59 Å². The molecule has 1 fully saturated rings. The first-order valence-corrected chi connectivity index (χ1v) is 8.05. The maximum atomic E-state index is 12.8. The summed E-state index contributed by atoms with van der Waals surface area (Å²) in [6.45, 7) is 2.27. The van der Waals surface area contributed by atoms with Gasteiger partial charge in [0.25, 0.3) is 0 Å². The third-order valence-corrected chi connectivity index (χ3v) is 4.65. The van der Waals surface area contributed by atoms with Gasteiger partial charge in [0.15, 0.2) is 0 Å². The van der Waals surface area contributed by atoms with Crippen LogP contribution in [0.5, 0.6) is 0 Å². The summed E-state index contributed by atoms with van der Waals surface area (Å²) in [5, 5.41) is 4.51. The number of hydrogen-bond donors (Lipinski definition) is 0. The lowest BCUT2D eigenvalue weighted by molar-refractivity contribution is -0.139. The van der Waals surface area contributed by atoms with Crippen molar-refractivity contribution in [2.75, 3.05) is 18.5 Å². The highest BCUT2D eigenvalue weighted by Crippen LogP contribution is 2.30. The molecular weight excluding hydrogens is 330 g/mol. The third-order valence-electron chi connectivity index (χ3n) is 4.33. The zero-order chi connectivity index (χ0) is 17.3. The fraction of sp³-hybridized carbons (Fsp3) is 0.375. The monoisotopic (exact) mass is 347 g/mol. The van der Waals surface area contributed by atoms with Crippen LogP contribution in [-0.4, -0.2) is 51.1 Å². The largest absolute Gasteiger partial charge is 0.332 e. The van der Waals surface area contributed by atoms with Gasteiger partial charge in [-0.2, -0.15) is 5.10 Å². The number of amides is 2. The molecule has 1 aliphatic rings. The molecule has 3 rings (SSSR count). The van der Waals surface area contributed by atoms with Crippen molar-refractivity contribution >= 4 is 29.1 Å². The molecule has 0 bridgehead atoms. The SMILES string of the molecule is C[C@H](C(=O)N(C)[C@@H]1CCN(c2ccccc2Cl)C1=O)n1cncn1. The second kappa shape index (κ2) is 6.60. The lowest BCUT2D eigenvalue weighted by Gasteiger charge is -2.26. The van der Waals surface area contributed by atoms with E-state index in [2.05, 4.69) is 10.1 Å². The molecule has 2 amide bonds. The summed E-state index contributed by atoms with van der Waals surface area (Å²) in [4.78, 5) is 32.4. The van der Waals surface area contributed by atoms with Crippen molar-refractivity contribution in [3.63, 3.8) is 0 Å². The van der Waals surface area contributed by atoms with Crippen LogP contribution in [0.1, 0.15) is 19.4 Å². The number of carbonyl (C=O) groups excluding carboxylic acids is 2. The van der Waals surface area contributed by atoms with Gasteiger partial charge in [-0.3, -0.25) is 9.59 Å². The lowest BCUT2D eigenvalue weighted by atomic mass is 10.2. The van der Waals surface area contributed by atoms with Crippen molar-refractivity contribution in [2.24, 2.45) is 0 Å². The van der Waals surface area contributed by atoms with E-state index in [-0.39, 0.29) is 11.8 Å². The van der Waals surface area contributed by atoms with E-state index in [1.54, 1.807) is 24.9 Å². The van der Waals surface area contributed by atoms with Gasteiger partial charge < -0.3 is 9.80 Å². The number of nitrogens with zero attached hydrogens (tertiary/aromatic N) is 5. The molecule has 1 aliphatic heterocycles. The molecule has 2 atom stereocenters. The molecular formula is C16H18ClN5O2. The van der Waals surface area contributed by atoms with Gasteiger partial charge in [0, 0.05) is 13.6 Å². The first kappa shape index (κ1) is 16.4. The molecule has 0 radical (unpaired) electrons. The number of likely N-dealkylation sites (N-methyl/N-ethyl adjacent to an activating group) is 1. The van der Waals surface area contributed by atoms with E-state index in [9.17, 15) is 9.59 Å². The quantitative estimate of drug-likeness (QED) is 0.844. The maximum absolute atomic E-state index is 12.8. The van der Waals surface area contributed by atoms with E-state index in [1.807, 2.05) is 18.2 Å². The number of para-hydroxylation sites is 1. The van der Waals surface area contributed by atoms with Gasteiger partial charge in [0.05, 0.1) is 10.7 Å². The summed E-state index contributed by atoms with van der Waals surface area (Å²) in [7, 11) is 1.65. The van der Waals surface area contributed by atoms with Gasteiger partial charge >= 0.3 is 0 Å². The summed E-state index contributed by atoms with van der Waals surface area (Å²) in [6, 6.07) is 6.20. The maximum Gasteiger partial charge on any atom is 0.249 e. The topological polar surface area (TPSA) is 71.3 Å². The van der Waals surface area contributed by atoms with Crippen LogP contribution < -0.4 is 4.90 Å². The van der Waals surface area contributed by atoms with Crippen molar-refractivity contribution in [3.05, 3.63) is 41.9 Å². The molecule has 0 spiro atoms. The standard InChI is InChI=1S/C16H18ClN5O2/c1-11(22-10-18-9-19-22)15(23)20(2)14-7-8-21(16(14)24)13-6-4-3-5-12(13)17/h3-6,9-11,14H,7-8H2,1-2H3/t11-,14-/m1/s1. The van der Waals surface area contributed by atoms with Gasteiger partial charge in [0.2, 0.25) is 11.8 Å². The summed E-state index contributed by atoms with van der Waals surface area (Å²) in [5.41, 5.74) is 0.678. The van der Waals surface area contributed by atoms with Crippen LogP contribution >= 0.6 is 11.6 Å². The number of halogens is 1. The van der Waals surface area contributed by atoms with Gasteiger partial charge in [0.1, 0.15) is 24.7 Å². The molecule has 1 saturated heterocycles. The van der Waals surface area contributed by atoms with Crippen molar-refractivity contribution in [2.45, 2.75) is 25.4 Å². The minimum absolute atomic E-state index is 0.121. The zero-order valence-electron chi connectivity index (χ0n) is 13.5. The second-order valence-corrected chi connectivity index (χ2v) is 6.15. The Kier molecular flexibility index (Phi) is 4.53. The Morgan fingerprint density at radius 1 is 1.42 bits per heavy atom. The molecule has 126 valence electrons. The molecule has 0 unspecified atom stereocenters. The number of anilines is 1. The molecule has 0 aliphatic carbocycles. The van der Waals surface area contributed by atoms with Crippen LogP contribution in [0.25, 0.3) is 0 Å². The molecule has 0 saturated carbocycles. The Hall–Kier alpha value is -2.41. The smallest absolute Gasteiger partial charge is 0.249 e. The molecule has 2 heterocycles.